The van der Waals surface area contributed by atoms with Crippen molar-refractivity contribution in [1.29, 1.82) is 0 Å². The summed E-state index contributed by atoms with van der Waals surface area (Å²) in [6.07, 6.45) is 5.45. The van der Waals surface area contributed by atoms with Gasteiger partial charge in [-0.2, -0.15) is 0 Å². The number of hydrogen-bond donors (Lipinski definition) is 0. The Bertz CT molecular complexity index is 538. The van der Waals surface area contributed by atoms with Crippen LogP contribution in [0.1, 0.15) is 5.56 Å². The van der Waals surface area contributed by atoms with E-state index < -0.39 is 0 Å². The zero-order chi connectivity index (χ0) is 11.9. The molecule has 0 aliphatic carbocycles. The average molecular weight is 228 g/mol. The molecule has 3 rings (SSSR count). The van der Waals surface area contributed by atoms with E-state index >= 15 is 0 Å². The second kappa shape index (κ2) is 5.70. The van der Waals surface area contributed by atoms with Crippen molar-refractivity contribution in [2.75, 3.05) is 6.61 Å². The predicted molar refractivity (Wildman–Crippen MR) is 65.9 cm³/mol. The lowest BCUT2D eigenvalue weighted by Crippen LogP contribution is -1.98. The summed E-state index contributed by atoms with van der Waals surface area (Å²) in [6, 6.07) is 12.7. The van der Waals surface area contributed by atoms with E-state index in [0.717, 1.165) is 5.75 Å². The van der Waals surface area contributed by atoms with Gasteiger partial charge in [0.2, 0.25) is 0 Å². The van der Waals surface area contributed by atoms with Crippen LogP contribution >= 0.6 is 0 Å². The third-order valence-electron chi connectivity index (χ3n) is 2.16. The summed E-state index contributed by atoms with van der Waals surface area (Å²) in [5.74, 6) is 0.991. The van der Waals surface area contributed by atoms with Crippen LogP contribution in [0.3, 0.4) is 0 Å². The van der Waals surface area contributed by atoms with Gasteiger partial charge in [-0.25, -0.2) is 4.79 Å². The van der Waals surface area contributed by atoms with Crippen LogP contribution in [-0.4, -0.2) is 6.61 Å². The Balaban J connectivity index is 0.000000136. The number of fused-ring (bicyclic) bond motifs is 1. The molecular weight excluding hydrogens is 216 g/mol. The van der Waals surface area contributed by atoms with E-state index in [9.17, 15) is 4.79 Å². The highest BCUT2D eigenvalue weighted by Crippen LogP contribution is 2.21. The monoisotopic (exact) mass is 228 g/mol. The molecule has 1 aromatic heterocycles. The van der Waals surface area contributed by atoms with Crippen LogP contribution in [0.15, 0.2) is 64.0 Å². The summed E-state index contributed by atoms with van der Waals surface area (Å²) in [7, 11) is 0. The first-order valence-electron chi connectivity index (χ1n) is 5.28. The van der Waals surface area contributed by atoms with E-state index in [-0.39, 0.29) is 5.63 Å². The molecule has 2 heterocycles. The van der Waals surface area contributed by atoms with E-state index in [1.54, 1.807) is 12.1 Å². The first-order valence-corrected chi connectivity index (χ1v) is 5.28. The van der Waals surface area contributed by atoms with Gasteiger partial charge in [-0.15, -0.1) is 0 Å². The Morgan fingerprint density at radius 2 is 1.82 bits per heavy atom. The molecule has 0 saturated heterocycles. The molecule has 86 valence electrons. The standard InChI is InChI=1S/C9H8O.C5H4O2/c1-2-6-9-8(4-1)5-3-7-10-9;6-5-3-1-2-4-7-5/h1-6H,7H2;1-4H. The fourth-order valence-corrected chi connectivity index (χ4v) is 1.39. The van der Waals surface area contributed by atoms with Crippen molar-refractivity contribution in [3.63, 3.8) is 0 Å². The summed E-state index contributed by atoms with van der Waals surface area (Å²) in [6.45, 7) is 0.705. The molecule has 17 heavy (non-hydrogen) atoms. The minimum Gasteiger partial charge on any atom is -0.489 e. The Hall–Kier alpha value is -2.29. The Kier molecular flexibility index (Phi) is 3.76. The fraction of sp³-hybridized carbons (Fsp3) is 0.0714. The Morgan fingerprint density at radius 3 is 2.47 bits per heavy atom. The molecule has 0 amide bonds. The van der Waals surface area contributed by atoms with E-state index in [1.807, 2.05) is 30.3 Å². The van der Waals surface area contributed by atoms with E-state index in [4.69, 9.17) is 4.74 Å². The molecule has 1 aliphatic heterocycles. The Morgan fingerprint density at radius 1 is 1.00 bits per heavy atom. The van der Waals surface area contributed by atoms with Crippen LogP contribution in [0, 0.1) is 0 Å². The summed E-state index contributed by atoms with van der Waals surface area (Å²) in [5.41, 5.74) is 0.872. The molecular formula is C14H12O3. The molecule has 0 bridgehead atoms. The van der Waals surface area contributed by atoms with Crippen molar-refractivity contribution >= 4 is 6.08 Å². The number of para-hydroxylation sites is 1. The van der Waals surface area contributed by atoms with Gasteiger partial charge in [0.25, 0.3) is 0 Å². The van der Waals surface area contributed by atoms with Gasteiger partial charge in [0.1, 0.15) is 12.4 Å². The zero-order valence-electron chi connectivity index (χ0n) is 9.21. The highest BCUT2D eigenvalue weighted by Gasteiger charge is 2.01. The quantitative estimate of drug-likeness (QED) is 0.696. The smallest absolute Gasteiger partial charge is 0.335 e. The number of ether oxygens (including phenoxy) is 1. The van der Waals surface area contributed by atoms with Crippen LogP contribution in [0.4, 0.5) is 0 Å². The largest absolute Gasteiger partial charge is 0.489 e. The van der Waals surface area contributed by atoms with Gasteiger partial charge in [0.05, 0.1) is 6.26 Å². The van der Waals surface area contributed by atoms with Gasteiger partial charge < -0.3 is 9.15 Å². The first kappa shape index (κ1) is 11.2. The summed E-state index contributed by atoms with van der Waals surface area (Å²) in [5, 5.41) is 0. The molecule has 1 aromatic carbocycles. The maximum absolute atomic E-state index is 10.1. The van der Waals surface area contributed by atoms with Crippen molar-refractivity contribution in [3.05, 3.63) is 70.8 Å². The lowest BCUT2D eigenvalue weighted by atomic mass is 10.1. The highest BCUT2D eigenvalue weighted by atomic mass is 16.5. The van der Waals surface area contributed by atoms with Gasteiger partial charge in [0, 0.05) is 11.6 Å². The fourth-order valence-electron chi connectivity index (χ4n) is 1.39. The van der Waals surface area contributed by atoms with Crippen molar-refractivity contribution in [2.45, 2.75) is 0 Å². The molecule has 0 fully saturated rings. The van der Waals surface area contributed by atoms with Crippen molar-refractivity contribution in [2.24, 2.45) is 0 Å². The van der Waals surface area contributed by atoms with Crippen molar-refractivity contribution in [1.82, 2.24) is 0 Å². The second-order valence-corrected chi connectivity index (χ2v) is 3.38. The Labute approximate surface area is 99.0 Å². The highest BCUT2D eigenvalue weighted by molar-refractivity contribution is 5.58. The van der Waals surface area contributed by atoms with Crippen molar-refractivity contribution in [3.8, 4) is 5.75 Å². The maximum Gasteiger partial charge on any atom is 0.335 e. The van der Waals surface area contributed by atoms with Gasteiger partial charge in [0.15, 0.2) is 0 Å². The molecule has 1 aliphatic rings. The SMILES string of the molecule is C1=Cc2ccccc2OC1.O=c1cccco1. The van der Waals surface area contributed by atoms with Gasteiger partial charge >= 0.3 is 5.63 Å². The topological polar surface area (TPSA) is 39.4 Å². The molecule has 0 saturated carbocycles. The molecule has 0 unspecified atom stereocenters. The summed E-state index contributed by atoms with van der Waals surface area (Å²) >= 11 is 0. The summed E-state index contributed by atoms with van der Waals surface area (Å²) in [4.78, 5) is 10.1. The molecule has 2 aromatic rings. The lowest BCUT2D eigenvalue weighted by Gasteiger charge is -2.10. The first-order chi connectivity index (χ1) is 8.36. The second-order valence-electron chi connectivity index (χ2n) is 3.38. The molecule has 3 nitrogen and oxygen atoms in total. The van der Waals surface area contributed by atoms with E-state index in [0.29, 0.717) is 6.61 Å². The molecule has 3 heteroatoms. The third kappa shape index (κ3) is 3.34. The van der Waals surface area contributed by atoms with E-state index in [2.05, 4.69) is 10.5 Å². The number of rotatable bonds is 0. The van der Waals surface area contributed by atoms with Gasteiger partial charge in [-0.3, -0.25) is 0 Å². The lowest BCUT2D eigenvalue weighted by molar-refractivity contribution is 0.358. The molecule has 0 atom stereocenters. The maximum atomic E-state index is 10.1. The minimum absolute atomic E-state index is 0.303. The molecule has 0 N–H and O–H groups in total. The third-order valence-corrected chi connectivity index (χ3v) is 2.16. The predicted octanol–water partition coefficient (Wildman–Crippen LogP) is 2.73. The number of hydrogen-bond acceptors (Lipinski definition) is 3. The van der Waals surface area contributed by atoms with Crippen LogP contribution in [-0.2, 0) is 0 Å². The minimum atomic E-state index is -0.303. The van der Waals surface area contributed by atoms with Crippen LogP contribution in [0.5, 0.6) is 5.75 Å². The van der Waals surface area contributed by atoms with Crippen LogP contribution in [0.25, 0.3) is 6.08 Å². The van der Waals surface area contributed by atoms with Crippen molar-refractivity contribution < 1.29 is 9.15 Å². The van der Waals surface area contributed by atoms with Gasteiger partial charge in [-0.1, -0.05) is 30.3 Å². The molecule has 0 spiro atoms. The van der Waals surface area contributed by atoms with Crippen LogP contribution < -0.4 is 10.4 Å². The number of benzene rings is 1. The van der Waals surface area contributed by atoms with Gasteiger partial charge in [-0.05, 0) is 18.2 Å². The average Bonchev–Trinajstić information content (AvgIpc) is 2.41. The zero-order valence-corrected chi connectivity index (χ0v) is 9.21. The van der Waals surface area contributed by atoms with E-state index in [1.165, 1.54) is 17.9 Å². The summed E-state index contributed by atoms with van der Waals surface area (Å²) < 4.78 is 9.71. The normalized spacial score (nSPS) is 11.8. The molecule has 0 radical (unpaired) electrons. The van der Waals surface area contributed by atoms with Crippen LogP contribution in [0.2, 0.25) is 0 Å².